The SMILES string of the molecule is CCCCOC(=O)CCC(N)C(=O)OCCCC. The average molecular weight is 259 g/mol. The fraction of sp³-hybridized carbons (Fsp3) is 0.846. The molecule has 2 N–H and O–H groups in total. The van der Waals surface area contributed by atoms with Crippen LogP contribution in [0.15, 0.2) is 0 Å². The summed E-state index contributed by atoms with van der Waals surface area (Å²) >= 11 is 0. The van der Waals surface area contributed by atoms with E-state index in [2.05, 4.69) is 0 Å². The molecule has 106 valence electrons. The van der Waals surface area contributed by atoms with Crippen LogP contribution in [0.4, 0.5) is 0 Å². The third-order valence-electron chi connectivity index (χ3n) is 2.47. The molecule has 0 aromatic rings. The van der Waals surface area contributed by atoms with Crippen molar-refractivity contribution in [1.82, 2.24) is 0 Å². The van der Waals surface area contributed by atoms with Gasteiger partial charge in [0.15, 0.2) is 0 Å². The van der Waals surface area contributed by atoms with Gasteiger partial charge in [-0.1, -0.05) is 26.7 Å². The summed E-state index contributed by atoms with van der Waals surface area (Å²) in [5.74, 6) is -0.745. The van der Waals surface area contributed by atoms with Gasteiger partial charge in [-0.2, -0.15) is 0 Å². The van der Waals surface area contributed by atoms with E-state index in [0.29, 0.717) is 13.2 Å². The second-order valence-corrected chi connectivity index (χ2v) is 4.24. The molecule has 0 bridgehead atoms. The molecule has 0 aliphatic carbocycles. The van der Waals surface area contributed by atoms with Crippen LogP contribution in [0, 0.1) is 0 Å². The Morgan fingerprint density at radius 2 is 1.61 bits per heavy atom. The van der Waals surface area contributed by atoms with Crippen molar-refractivity contribution in [2.45, 2.75) is 58.4 Å². The van der Waals surface area contributed by atoms with Gasteiger partial charge in [-0.3, -0.25) is 9.59 Å². The summed E-state index contributed by atoms with van der Waals surface area (Å²) in [6.45, 7) is 4.87. The fourth-order valence-corrected chi connectivity index (χ4v) is 1.22. The first-order valence-corrected chi connectivity index (χ1v) is 6.69. The molecule has 18 heavy (non-hydrogen) atoms. The second-order valence-electron chi connectivity index (χ2n) is 4.24. The van der Waals surface area contributed by atoms with E-state index < -0.39 is 12.0 Å². The molecular formula is C13H25NO4. The molecule has 0 rings (SSSR count). The molecule has 0 aliphatic heterocycles. The van der Waals surface area contributed by atoms with Crippen molar-refractivity contribution in [2.24, 2.45) is 5.73 Å². The highest BCUT2D eigenvalue weighted by Crippen LogP contribution is 2.01. The molecule has 5 nitrogen and oxygen atoms in total. The maximum absolute atomic E-state index is 11.4. The highest BCUT2D eigenvalue weighted by atomic mass is 16.5. The highest BCUT2D eigenvalue weighted by molar-refractivity contribution is 5.77. The number of carbonyl (C=O) groups is 2. The lowest BCUT2D eigenvalue weighted by Gasteiger charge is -2.11. The van der Waals surface area contributed by atoms with E-state index in [9.17, 15) is 9.59 Å². The Kier molecular flexibility index (Phi) is 10.3. The molecule has 0 heterocycles. The molecule has 0 saturated carbocycles. The molecule has 0 saturated heterocycles. The van der Waals surface area contributed by atoms with Crippen molar-refractivity contribution in [1.29, 1.82) is 0 Å². The number of hydrogen-bond donors (Lipinski definition) is 1. The number of carbonyl (C=O) groups excluding carboxylic acids is 2. The summed E-state index contributed by atoms with van der Waals surface area (Å²) in [5.41, 5.74) is 5.62. The van der Waals surface area contributed by atoms with Crippen LogP contribution in [0.25, 0.3) is 0 Å². The number of ether oxygens (including phenoxy) is 2. The van der Waals surface area contributed by atoms with Crippen molar-refractivity contribution in [3.8, 4) is 0 Å². The topological polar surface area (TPSA) is 78.6 Å². The molecule has 0 fully saturated rings. The van der Waals surface area contributed by atoms with Gasteiger partial charge in [-0.25, -0.2) is 0 Å². The maximum atomic E-state index is 11.4. The first kappa shape index (κ1) is 16.9. The molecule has 1 unspecified atom stereocenters. The minimum atomic E-state index is -0.736. The smallest absolute Gasteiger partial charge is 0.322 e. The van der Waals surface area contributed by atoms with Gasteiger partial charge in [0.25, 0.3) is 0 Å². The molecule has 0 aromatic carbocycles. The van der Waals surface area contributed by atoms with E-state index >= 15 is 0 Å². The highest BCUT2D eigenvalue weighted by Gasteiger charge is 2.16. The molecule has 0 aromatic heterocycles. The lowest BCUT2D eigenvalue weighted by Crippen LogP contribution is -2.33. The summed E-state index contributed by atoms with van der Waals surface area (Å²) in [5, 5.41) is 0. The molecular weight excluding hydrogens is 234 g/mol. The Balaban J connectivity index is 3.64. The van der Waals surface area contributed by atoms with Crippen molar-refractivity contribution >= 4 is 11.9 Å². The van der Waals surface area contributed by atoms with Gasteiger partial charge in [-0.05, 0) is 19.3 Å². The van der Waals surface area contributed by atoms with Crippen molar-refractivity contribution < 1.29 is 19.1 Å². The number of unbranched alkanes of at least 4 members (excludes halogenated alkanes) is 2. The quantitative estimate of drug-likeness (QED) is 0.478. The molecule has 0 aliphatic rings. The van der Waals surface area contributed by atoms with E-state index in [-0.39, 0.29) is 18.8 Å². The van der Waals surface area contributed by atoms with Gasteiger partial charge in [0.2, 0.25) is 0 Å². The lowest BCUT2D eigenvalue weighted by molar-refractivity contribution is -0.146. The zero-order valence-corrected chi connectivity index (χ0v) is 11.4. The minimum Gasteiger partial charge on any atom is -0.466 e. The van der Waals surface area contributed by atoms with Crippen LogP contribution in [0.3, 0.4) is 0 Å². The van der Waals surface area contributed by atoms with Crippen LogP contribution in [-0.4, -0.2) is 31.2 Å². The first-order chi connectivity index (χ1) is 8.61. The van der Waals surface area contributed by atoms with Crippen LogP contribution in [0.5, 0.6) is 0 Å². The zero-order chi connectivity index (χ0) is 13.8. The Hall–Kier alpha value is -1.10. The Morgan fingerprint density at radius 1 is 1.06 bits per heavy atom. The fourth-order valence-electron chi connectivity index (χ4n) is 1.22. The number of hydrogen-bond acceptors (Lipinski definition) is 5. The van der Waals surface area contributed by atoms with Crippen molar-refractivity contribution in [3.63, 3.8) is 0 Å². The molecule has 1 atom stereocenters. The lowest BCUT2D eigenvalue weighted by atomic mass is 10.2. The van der Waals surface area contributed by atoms with Gasteiger partial charge in [-0.15, -0.1) is 0 Å². The molecule has 0 spiro atoms. The summed E-state index contributed by atoms with van der Waals surface area (Å²) < 4.78 is 9.92. The predicted octanol–water partition coefficient (Wildman–Crippen LogP) is 1.78. The molecule has 5 heteroatoms. The standard InChI is InChI=1S/C13H25NO4/c1-3-5-9-17-12(15)8-7-11(14)13(16)18-10-6-4-2/h11H,3-10,14H2,1-2H3. The summed E-state index contributed by atoms with van der Waals surface area (Å²) in [7, 11) is 0. The normalized spacial score (nSPS) is 11.9. The summed E-state index contributed by atoms with van der Waals surface area (Å²) in [4.78, 5) is 22.7. The molecule has 0 amide bonds. The van der Waals surface area contributed by atoms with Crippen LogP contribution in [0.2, 0.25) is 0 Å². The minimum absolute atomic E-state index is 0.160. The Labute approximate surface area is 109 Å². The van der Waals surface area contributed by atoms with E-state index in [4.69, 9.17) is 15.2 Å². The third-order valence-corrected chi connectivity index (χ3v) is 2.47. The van der Waals surface area contributed by atoms with Crippen molar-refractivity contribution in [3.05, 3.63) is 0 Å². The third kappa shape index (κ3) is 8.98. The predicted molar refractivity (Wildman–Crippen MR) is 68.9 cm³/mol. The van der Waals surface area contributed by atoms with Gasteiger partial charge in [0, 0.05) is 6.42 Å². The number of rotatable bonds is 10. The zero-order valence-electron chi connectivity index (χ0n) is 11.4. The Bertz CT molecular complexity index is 243. The van der Waals surface area contributed by atoms with E-state index in [1.165, 1.54) is 0 Å². The van der Waals surface area contributed by atoms with E-state index in [1.807, 2.05) is 13.8 Å². The van der Waals surface area contributed by atoms with Gasteiger partial charge < -0.3 is 15.2 Å². The van der Waals surface area contributed by atoms with Crippen LogP contribution < -0.4 is 5.73 Å². The van der Waals surface area contributed by atoms with Gasteiger partial charge in [0.05, 0.1) is 13.2 Å². The summed E-state index contributed by atoms with van der Waals surface area (Å²) in [6.07, 6.45) is 4.07. The Morgan fingerprint density at radius 3 is 2.17 bits per heavy atom. The van der Waals surface area contributed by atoms with E-state index in [1.54, 1.807) is 0 Å². The monoisotopic (exact) mass is 259 g/mol. The van der Waals surface area contributed by atoms with Crippen LogP contribution in [-0.2, 0) is 19.1 Å². The largest absolute Gasteiger partial charge is 0.466 e. The first-order valence-electron chi connectivity index (χ1n) is 6.69. The second kappa shape index (κ2) is 11.0. The summed E-state index contributed by atoms with van der Waals surface area (Å²) in [6, 6.07) is -0.736. The molecule has 0 radical (unpaired) electrons. The number of esters is 2. The van der Waals surface area contributed by atoms with E-state index in [0.717, 1.165) is 25.7 Å². The number of nitrogens with two attached hydrogens (primary N) is 1. The van der Waals surface area contributed by atoms with Gasteiger partial charge in [0.1, 0.15) is 6.04 Å². The van der Waals surface area contributed by atoms with Crippen LogP contribution >= 0.6 is 0 Å². The van der Waals surface area contributed by atoms with Crippen molar-refractivity contribution in [2.75, 3.05) is 13.2 Å². The average Bonchev–Trinajstić information content (AvgIpc) is 2.36. The van der Waals surface area contributed by atoms with Crippen LogP contribution in [0.1, 0.15) is 52.4 Å². The maximum Gasteiger partial charge on any atom is 0.322 e. The van der Waals surface area contributed by atoms with Gasteiger partial charge >= 0.3 is 11.9 Å².